The average Bonchev–Trinajstić information content (AvgIpc) is 3.15. The van der Waals surface area contributed by atoms with Crippen molar-refractivity contribution in [2.75, 3.05) is 11.9 Å². The van der Waals surface area contributed by atoms with Gasteiger partial charge in [0.15, 0.2) is 5.82 Å². The molecule has 1 N–H and O–H groups in total. The molecule has 2 heterocycles. The van der Waals surface area contributed by atoms with Gasteiger partial charge in [0.25, 0.3) is 0 Å². The molecule has 0 saturated carbocycles. The monoisotopic (exact) mass is 337 g/mol. The fourth-order valence-corrected chi connectivity index (χ4v) is 2.82. The molecular weight excluding hydrogens is 320 g/mol. The third-order valence-corrected chi connectivity index (χ3v) is 3.87. The molecule has 1 aliphatic rings. The van der Waals surface area contributed by atoms with Gasteiger partial charge in [-0.2, -0.15) is 8.78 Å². The molecule has 1 saturated heterocycles. The molecule has 24 heavy (non-hydrogen) atoms. The first kappa shape index (κ1) is 16.2. The molecule has 1 unspecified atom stereocenters. The highest BCUT2D eigenvalue weighted by atomic mass is 19.3. The van der Waals surface area contributed by atoms with Crippen LogP contribution in [-0.4, -0.2) is 38.9 Å². The van der Waals surface area contributed by atoms with E-state index < -0.39 is 6.61 Å². The van der Waals surface area contributed by atoms with Crippen LogP contribution in [0, 0.1) is 0 Å². The Balaban J connectivity index is 1.71. The molecule has 0 radical (unpaired) electrons. The standard InChI is InChI=1S/C15H17F2N5O2/c1-21-9-18-20-13(21)12-6-3-7-22(12)15(23)19-10-4-2-5-11(8-10)24-14(16)17/h2,4-5,8-9,12,14H,3,6-7H2,1H3,(H,19,23). The summed E-state index contributed by atoms with van der Waals surface area (Å²) in [6, 6.07) is 5.45. The van der Waals surface area contributed by atoms with Crippen LogP contribution in [0.15, 0.2) is 30.6 Å². The van der Waals surface area contributed by atoms with Crippen molar-refractivity contribution in [3.8, 4) is 5.75 Å². The van der Waals surface area contributed by atoms with Crippen LogP contribution in [0.3, 0.4) is 0 Å². The first-order valence-electron chi connectivity index (χ1n) is 7.51. The average molecular weight is 337 g/mol. The van der Waals surface area contributed by atoms with Crippen LogP contribution in [-0.2, 0) is 7.05 Å². The second kappa shape index (κ2) is 6.81. The molecule has 3 rings (SSSR count). The summed E-state index contributed by atoms with van der Waals surface area (Å²) >= 11 is 0. The van der Waals surface area contributed by atoms with E-state index in [-0.39, 0.29) is 17.8 Å². The fraction of sp³-hybridized carbons (Fsp3) is 0.400. The molecule has 1 fully saturated rings. The summed E-state index contributed by atoms with van der Waals surface area (Å²) in [6.45, 7) is -2.31. The Hall–Kier alpha value is -2.71. The van der Waals surface area contributed by atoms with E-state index in [1.165, 1.54) is 18.2 Å². The molecule has 1 atom stereocenters. The smallest absolute Gasteiger partial charge is 0.387 e. The van der Waals surface area contributed by atoms with Gasteiger partial charge < -0.3 is 19.5 Å². The zero-order valence-electron chi connectivity index (χ0n) is 13.0. The van der Waals surface area contributed by atoms with Gasteiger partial charge in [-0.05, 0) is 25.0 Å². The lowest BCUT2D eigenvalue weighted by Gasteiger charge is -2.24. The summed E-state index contributed by atoms with van der Waals surface area (Å²) < 4.78 is 30.7. The lowest BCUT2D eigenvalue weighted by atomic mass is 10.2. The Morgan fingerprint density at radius 1 is 1.46 bits per heavy atom. The summed E-state index contributed by atoms with van der Waals surface area (Å²) in [5.41, 5.74) is 0.391. The van der Waals surface area contributed by atoms with Gasteiger partial charge in [-0.15, -0.1) is 10.2 Å². The molecule has 0 bridgehead atoms. The predicted molar refractivity (Wildman–Crippen MR) is 81.8 cm³/mol. The van der Waals surface area contributed by atoms with Crippen molar-refractivity contribution in [2.45, 2.75) is 25.5 Å². The number of aryl methyl sites for hydroxylation is 1. The van der Waals surface area contributed by atoms with Crippen molar-refractivity contribution in [3.05, 3.63) is 36.4 Å². The van der Waals surface area contributed by atoms with Gasteiger partial charge >= 0.3 is 12.6 Å². The van der Waals surface area contributed by atoms with Gasteiger partial charge in [0.1, 0.15) is 12.1 Å². The third kappa shape index (κ3) is 3.44. The Morgan fingerprint density at radius 3 is 3.00 bits per heavy atom. The normalized spacial score (nSPS) is 17.3. The van der Waals surface area contributed by atoms with Crippen LogP contribution in [0.1, 0.15) is 24.7 Å². The van der Waals surface area contributed by atoms with Crippen LogP contribution in [0.5, 0.6) is 5.75 Å². The molecule has 2 amide bonds. The molecule has 0 aliphatic carbocycles. The second-order valence-electron chi connectivity index (χ2n) is 5.49. The van der Waals surface area contributed by atoms with Crippen molar-refractivity contribution in [3.63, 3.8) is 0 Å². The Labute approximate surface area is 137 Å². The lowest BCUT2D eigenvalue weighted by Crippen LogP contribution is -2.35. The molecule has 128 valence electrons. The first-order chi connectivity index (χ1) is 11.5. The fourth-order valence-electron chi connectivity index (χ4n) is 2.82. The van der Waals surface area contributed by atoms with Crippen LogP contribution in [0.25, 0.3) is 0 Å². The number of likely N-dealkylation sites (tertiary alicyclic amines) is 1. The third-order valence-electron chi connectivity index (χ3n) is 3.87. The summed E-state index contributed by atoms with van der Waals surface area (Å²) in [6.07, 6.45) is 3.25. The Bertz CT molecular complexity index is 721. The number of rotatable bonds is 4. The molecule has 1 aliphatic heterocycles. The lowest BCUT2D eigenvalue weighted by molar-refractivity contribution is -0.0497. The number of urea groups is 1. The van der Waals surface area contributed by atoms with Crippen molar-refractivity contribution in [1.29, 1.82) is 0 Å². The maximum Gasteiger partial charge on any atom is 0.387 e. The number of ether oxygens (including phenoxy) is 1. The van der Waals surface area contributed by atoms with Crippen LogP contribution in [0.2, 0.25) is 0 Å². The van der Waals surface area contributed by atoms with Gasteiger partial charge in [-0.1, -0.05) is 6.07 Å². The number of alkyl halides is 2. The maximum atomic E-state index is 12.5. The predicted octanol–water partition coefficient (Wildman–Crippen LogP) is 2.79. The topological polar surface area (TPSA) is 72.3 Å². The van der Waals surface area contributed by atoms with Crippen LogP contribution in [0.4, 0.5) is 19.3 Å². The number of carbonyl (C=O) groups is 1. The highest BCUT2D eigenvalue weighted by Gasteiger charge is 2.33. The van der Waals surface area contributed by atoms with E-state index in [9.17, 15) is 13.6 Å². The molecule has 0 spiro atoms. The molecular formula is C15H17F2N5O2. The number of amides is 2. The van der Waals surface area contributed by atoms with E-state index in [0.29, 0.717) is 12.2 Å². The van der Waals surface area contributed by atoms with Crippen molar-refractivity contribution >= 4 is 11.7 Å². The van der Waals surface area contributed by atoms with E-state index in [0.717, 1.165) is 18.7 Å². The summed E-state index contributed by atoms with van der Waals surface area (Å²) in [5, 5.41) is 10.6. The van der Waals surface area contributed by atoms with E-state index in [4.69, 9.17) is 0 Å². The van der Waals surface area contributed by atoms with Crippen molar-refractivity contribution in [1.82, 2.24) is 19.7 Å². The van der Waals surface area contributed by atoms with Gasteiger partial charge in [0, 0.05) is 25.3 Å². The highest BCUT2D eigenvalue weighted by Crippen LogP contribution is 2.31. The minimum absolute atomic E-state index is 0.00549. The van der Waals surface area contributed by atoms with E-state index in [1.54, 1.807) is 21.9 Å². The van der Waals surface area contributed by atoms with Gasteiger partial charge in [-0.3, -0.25) is 0 Å². The van der Waals surface area contributed by atoms with E-state index in [1.807, 2.05) is 7.05 Å². The number of carbonyl (C=O) groups excluding carboxylic acids is 1. The quantitative estimate of drug-likeness (QED) is 0.931. The SMILES string of the molecule is Cn1cnnc1C1CCCN1C(=O)Nc1cccc(OC(F)F)c1. The number of hydrogen-bond acceptors (Lipinski definition) is 4. The number of halogens is 2. The van der Waals surface area contributed by atoms with Gasteiger partial charge in [0.2, 0.25) is 0 Å². The van der Waals surface area contributed by atoms with E-state index in [2.05, 4.69) is 20.3 Å². The minimum atomic E-state index is -2.91. The first-order valence-corrected chi connectivity index (χ1v) is 7.51. The van der Waals surface area contributed by atoms with Crippen LogP contribution < -0.4 is 10.1 Å². The molecule has 9 heteroatoms. The Kier molecular flexibility index (Phi) is 4.59. The summed E-state index contributed by atoms with van der Waals surface area (Å²) in [5.74, 6) is 0.714. The van der Waals surface area contributed by atoms with Crippen molar-refractivity contribution < 1.29 is 18.3 Å². The molecule has 1 aromatic heterocycles. The Morgan fingerprint density at radius 2 is 2.29 bits per heavy atom. The summed E-state index contributed by atoms with van der Waals surface area (Å²) in [4.78, 5) is 14.2. The zero-order chi connectivity index (χ0) is 17.1. The summed E-state index contributed by atoms with van der Waals surface area (Å²) in [7, 11) is 1.83. The van der Waals surface area contributed by atoms with Crippen LogP contribution >= 0.6 is 0 Å². The van der Waals surface area contributed by atoms with Crippen molar-refractivity contribution in [2.24, 2.45) is 7.05 Å². The highest BCUT2D eigenvalue weighted by molar-refractivity contribution is 5.90. The number of nitrogens with zero attached hydrogens (tertiary/aromatic N) is 4. The number of benzene rings is 1. The molecule has 2 aromatic rings. The van der Waals surface area contributed by atoms with Gasteiger partial charge in [0.05, 0.1) is 6.04 Å². The minimum Gasteiger partial charge on any atom is -0.435 e. The molecule has 7 nitrogen and oxygen atoms in total. The zero-order valence-corrected chi connectivity index (χ0v) is 13.0. The van der Waals surface area contributed by atoms with Gasteiger partial charge in [-0.25, -0.2) is 4.79 Å². The number of hydrogen-bond donors (Lipinski definition) is 1. The largest absolute Gasteiger partial charge is 0.435 e. The molecule has 1 aromatic carbocycles. The number of aromatic nitrogens is 3. The number of nitrogens with one attached hydrogen (secondary N) is 1. The van der Waals surface area contributed by atoms with E-state index >= 15 is 0 Å². The maximum absolute atomic E-state index is 12.5. The second-order valence-corrected chi connectivity index (χ2v) is 5.49. The number of anilines is 1.